The number of hydrazine groups is 1. The Kier molecular flexibility index (Phi) is 6.31. The first-order chi connectivity index (χ1) is 9.00. The predicted molar refractivity (Wildman–Crippen MR) is 76.9 cm³/mol. The lowest BCUT2D eigenvalue weighted by atomic mass is 10.2. The quantitative estimate of drug-likeness (QED) is 0.325. The Labute approximate surface area is 118 Å². The molecule has 4 N–H and O–H groups in total. The SMILES string of the molecule is Cc1occc1C(=O)NNC(=S)NCCC[NH+](C)C. The van der Waals surface area contributed by atoms with Crippen LogP contribution in [-0.4, -0.2) is 38.2 Å². The second-order valence-corrected chi connectivity index (χ2v) is 4.94. The Morgan fingerprint density at radius 3 is 2.74 bits per heavy atom. The van der Waals surface area contributed by atoms with Crippen molar-refractivity contribution in [1.29, 1.82) is 0 Å². The van der Waals surface area contributed by atoms with Crippen molar-refractivity contribution in [2.24, 2.45) is 0 Å². The normalized spacial score (nSPS) is 10.3. The third-order valence-electron chi connectivity index (χ3n) is 2.53. The maximum Gasteiger partial charge on any atom is 0.273 e. The molecule has 1 heterocycles. The lowest BCUT2D eigenvalue weighted by Crippen LogP contribution is -3.05. The van der Waals surface area contributed by atoms with E-state index in [1.54, 1.807) is 13.0 Å². The van der Waals surface area contributed by atoms with Crippen molar-refractivity contribution in [2.45, 2.75) is 13.3 Å². The van der Waals surface area contributed by atoms with Gasteiger partial charge < -0.3 is 14.6 Å². The van der Waals surface area contributed by atoms with Crippen LogP contribution in [0.3, 0.4) is 0 Å². The minimum absolute atomic E-state index is 0.270. The molecule has 0 aliphatic rings. The van der Waals surface area contributed by atoms with Crippen LogP contribution in [0, 0.1) is 6.92 Å². The van der Waals surface area contributed by atoms with Crippen LogP contribution >= 0.6 is 12.2 Å². The van der Waals surface area contributed by atoms with Gasteiger partial charge in [0.2, 0.25) is 0 Å². The molecule has 0 aromatic carbocycles. The van der Waals surface area contributed by atoms with Crippen LogP contribution in [-0.2, 0) is 0 Å². The molecule has 0 saturated carbocycles. The van der Waals surface area contributed by atoms with E-state index < -0.39 is 0 Å². The number of rotatable bonds is 5. The number of amides is 1. The Morgan fingerprint density at radius 2 is 2.16 bits per heavy atom. The lowest BCUT2D eigenvalue weighted by molar-refractivity contribution is -0.858. The molecule has 19 heavy (non-hydrogen) atoms. The van der Waals surface area contributed by atoms with E-state index in [-0.39, 0.29) is 5.91 Å². The van der Waals surface area contributed by atoms with Crippen molar-refractivity contribution in [3.8, 4) is 0 Å². The molecule has 0 aliphatic carbocycles. The van der Waals surface area contributed by atoms with Crippen LogP contribution in [0.15, 0.2) is 16.7 Å². The van der Waals surface area contributed by atoms with Crippen LogP contribution in [0.1, 0.15) is 22.5 Å². The third-order valence-corrected chi connectivity index (χ3v) is 2.78. The fourth-order valence-electron chi connectivity index (χ4n) is 1.49. The largest absolute Gasteiger partial charge is 0.469 e. The van der Waals surface area contributed by atoms with Gasteiger partial charge in [0.05, 0.1) is 32.5 Å². The van der Waals surface area contributed by atoms with Gasteiger partial charge in [0.25, 0.3) is 5.91 Å². The molecule has 1 rings (SSSR count). The molecule has 106 valence electrons. The maximum atomic E-state index is 11.7. The van der Waals surface area contributed by atoms with Gasteiger partial charge in [-0.3, -0.25) is 15.6 Å². The monoisotopic (exact) mass is 285 g/mol. The van der Waals surface area contributed by atoms with Crippen molar-refractivity contribution in [1.82, 2.24) is 16.2 Å². The molecule has 7 heteroatoms. The first-order valence-corrected chi connectivity index (χ1v) is 6.59. The number of thiocarbonyl (C=S) groups is 1. The Balaban J connectivity index is 2.20. The summed E-state index contributed by atoms with van der Waals surface area (Å²) in [4.78, 5) is 13.1. The van der Waals surface area contributed by atoms with E-state index in [9.17, 15) is 4.79 Å². The van der Waals surface area contributed by atoms with Crippen LogP contribution in [0.25, 0.3) is 0 Å². The average Bonchev–Trinajstić information content (AvgIpc) is 2.78. The fraction of sp³-hybridized carbons (Fsp3) is 0.500. The number of carbonyl (C=O) groups excluding carboxylic acids is 1. The lowest BCUT2D eigenvalue weighted by Gasteiger charge is -2.12. The zero-order valence-corrected chi connectivity index (χ0v) is 12.3. The van der Waals surface area contributed by atoms with Gasteiger partial charge in [-0.2, -0.15) is 0 Å². The van der Waals surface area contributed by atoms with Crippen LogP contribution < -0.4 is 21.1 Å². The number of hydrogen-bond donors (Lipinski definition) is 4. The second kappa shape index (κ2) is 7.75. The predicted octanol–water partition coefficient (Wildman–Crippen LogP) is -0.768. The molecule has 0 atom stereocenters. The average molecular weight is 285 g/mol. The number of carbonyl (C=O) groups is 1. The van der Waals surface area contributed by atoms with Crippen LogP contribution in [0.5, 0.6) is 0 Å². The van der Waals surface area contributed by atoms with Crippen molar-refractivity contribution >= 4 is 23.2 Å². The fourth-order valence-corrected chi connectivity index (χ4v) is 1.64. The van der Waals surface area contributed by atoms with E-state index in [1.165, 1.54) is 11.2 Å². The van der Waals surface area contributed by atoms with E-state index in [4.69, 9.17) is 16.6 Å². The summed E-state index contributed by atoms with van der Waals surface area (Å²) in [5.74, 6) is 0.306. The zero-order valence-electron chi connectivity index (χ0n) is 11.5. The van der Waals surface area contributed by atoms with E-state index in [0.717, 1.165) is 19.5 Å². The number of furan rings is 1. The second-order valence-electron chi connectivity index (χ2n) is 4.54. The van der Waals surface area contributed by atoms with Gasteiger partial charge in [0.1, 0.15) is 5.76 Å². The molecule has 1 aromatic heterocycles. The molecule has 0 unspecified atom stereocenters. The first-order valence-electron chi connectivity index (χ1n) is 6.18. The summed E-state index contributed by atoms with van der Waals surface area (Å²) in [5.41, 5.74) is 5.67. The summed E-state index contributed by atoms with van der Waals surface area (Å²) in [6.45, 7) is 3.57. The summed E-state index contributed by atoms with van der Waals surface area (Å²) in [5, 5.41) is 3.43. The molecule has 1 amide bonds. The summed E-state index contributed by atoms with van der Waals surface area (Å²) in [7, 11) is 4.20. The Hall–Kier alpha value is -1.60. The first kappa shape index (κ1) is 15.5. The molecular weight excluding hydrogens is 264 g/mol. The van der Waals surface area contributed by atoms with E-state index in [1.807, 2.05) is 0 Å². The standard InChI is InChI=1S/C12H20N4O2S/c1-9-10(5-8-18-9)11(17)14-15-12(19)13-6-4-7-16(2)3/h5,8H,4,6-7H2,1-3H3,(H,14,17)(H2,13,15,19)/p+1. The van der Waals surface area contributed by atoms with Gasteiger partial charge in [-0.15, -0.1) is 0 Å². The Morgan fingerprint density at radius 1 is 1.42 bits per heavy atom. The van der Waals surface area contributed by atoms with Gasteiger partial charge in [-0.05, 0) is 25.2 Å². The molecule has 6 nitrogen and oxygen atoms in total. The highest BCUT2D eigenvalue weighted by Crippen LogP contribution is 2.07. The highest BCUT2D eigenvalue weighted by Gasteiger charge is 2.10. The Bertz CT molecular complexity index is 431. The molecule has 0 bridgehead atoms. The van der Waals surface area contributed by atoms with E-state index in [2.05, 4.69) is 30.3 Å². The van der Waals surface area contributed by atoms with Gasteiger partial charge in [-0.25, -0.2) is 0 Å². The minimum atomic E-state index is -0.270. The van der Waals surface area contributed by atoms with Gasteiger partial charge >= 0.3 is 0 Å². The number of quaternary nitrogens is 1. The molecule has 0 radical (unpaired) electrons. The van der Waals surface area contributed by atoms with Crippen molar-refractivity contribution in [3.63, 3.8) is 0 Å². The summed E-state index contributed by atoms with van der Waals surface area (Å²) in [6.07, 6.45) is 2.49. The molecule has 0 spiro atoms. The number of aryl methyl sites for hydroxylation is 1. The minimum Gasteiger partial charge on any atom is -0.469 e. The summed E-state index contributed by atoms with van der Waals surface area (Å²) < 4.78 is 5.05. The van der Waals surface area contributed by atoms with Crippen LogP contribution in [0.2, 0.25) is 0 Å². The topological polar surface area (TPSA) is 70.7 Å². The van der Waals surface area contributed by atoms with Crippen molar-refractivity contribution in [3.05, 3.63) is 23.7 Å². The number of hydrogen-bond acceptors (Lipinski definition) is 3. The number of nitrogens with one attached hydrogen (secondary N) is 4. The smallest absolute Gasteiger partial charge is 0.273 e. The van der Waals surface area contributed by atoms with Gasteiger partial charge in [0, 0.05) is 13.0 Å². The van der Waals surface area contributed by atoms with E-state index in [0.29, 0.717) is 16.4 Å². The van der Waals surface area contributed by atoms with Gasteiger partial charge in [0.15, 0.2) is 5.11 Å². The molecule has 0 aliphatic heterocycles. The zero-order chi connectivity index (χ0) is 14.3. The molecule has 0 saturated heterocycles. The highest BCUT2D eigenvalue weighted by molar-refractivity contribution is 7.80. The third kappa shape index (κ3) is 5.71. The molecular formula is C12H21N4O2S+. The van der Waals surface area contributed by atoms with Crippen molar-refractivity contribution < 1.29 is 14.1 Å². The summed E-state index contributed by atoms with van der Waals surface area (Å²) in [6, 6.07) is 1.61. The maximum absolute atomic E-state index is 11.7. The van der Waals surface area contributed by atoms with Gasteiger partial charge in [-0.1, -0.05) is 0 Å². The molecule has 1 aromatic rings. The van der Waals surface area contributed by atoms with Crippen LogP contribution in [0.4, 0.5) is 0 Å². The van der Waals surface area contributed by atoms with E-state index >= 15 is 0 Å². The summed E-state index contributed by atoms with van der Waals surface area (Å²) >= 11 is 5.05. The van der Waals surface area contributed by atoms with Crippen molar-refractivity contribution in [2.75, 3.05) is 27.2 Å². The molecule has 0 fully saturated rings. The highest BCUT2D eigenvalue weighted by atomic mass is 32.1.